The lowest BCUT2D eigenvalue weighted by atomic mass is 10.4. The van der Waals surface area contributed by atoms with E-state index in [0.717, 1.165) is 6.07 Å². The number of halogens is 2. The standard InChI is InChI=1S/C10H10F2O2S/c1-2-14-10(13)9(12)15-8-5-3-4-7(11)6-8/h3-6,9H,2H2,1H3. The van der Waals surface area contributed by atoms with Crippen molar-refractivity contribution >= 4 is 17.7 Å². The molecule has 1 unspecified atom stereocenters. The molecule has 1 aromatic rings. The fourth-order valence-corrected chi connectivity index (χ4v) is 1.66. The summed E-state index contributed by atoms with van der Waals surface area (Å²) in [5.41, 5.74) is -1.81. The Morgan fingerprint density at radius 1 is 1.60 bits per heavy atom. The Hall–Kier alpha value is -1.10. The number of alkyl halides is 1. The highest BCUT2D eigenvalue weighted by Gasteiger charge is 2.19. The van der Waals surface area contributed by atoms with Gasteiger partial charge in [-0.1, -0.05) is 17.8 Å². The minimum absolute atomic E-state index is 0.128. The Bertz CT molecular complexity index is 344. The molecule has 0 aliphatic carbocycles. The van der Waals surface area contributed by atoms with Gasteiger partial charge in [0.2, 0.25) is 5.50 Å². The van der Waals surface area contributed by atoms with E-state index >= 15 is 0 Å². The summed E-state index contributed by atoms with van der Waals surface area (Å²) in [5, 5.41) is 0. The molecule has 0 heterocycles. The van der Waals surface area contributed by atoms with Crippen LogP contribution in [0, 0.1) is 5.82 Å². The molecule has 15 heavy (non-hydrogen) atoms. The molecular weight excluding hydrogens is 222 g/mol. The van der Waals surface area contributed by atoms with Crippen LogP contribution in [0.2, 0.25) is 0 Å². The van der Waals surface area contributed by atoms with Gasteiger partial charge in [0.15, 0.2) is 0 Å². The summed E-state index contributed by atoms with van der Waals surface area (Å²) in [6.07, 6.45) is 0. The monoisotopic (exact) mass is 232 g/mol. The summed E-state index contributed by atoms with van der Waals surface area (Å²) in [7, 11) is 0. The second kappa shape index (κ2) is 5.70. The molecule has 82 valence electrons. The lowest BCUT2D eigenvalue weighted by molar-refractivity contribution is -0.145. The lowest BCUT2D eigenvalue weighted by Gasteiger charge is -2.06. The van der Waals surface area contributed by atoms with Crippen LogP contribution in [0.4, 0.5) is 8.78 Å². The molecule has 0 saturated heterocycles. The van der Waals surface area contributed by atoms with E-state index in [0.29, 0.717) is 16.7 Å². The second-order valence-corrected chi connectivity index (χ2v) is 3.76. The van der Waals surface area contributed by atoms with Crippen LogP contribution < -0.4 is 0 Å². The fourth-order valence-electron chi connectivity index (χ4n) is 0.916. The molecule has 2 nitrogen and oxygen atoms in total. The van der Waals surface area contributed by atoms with Crippen molar-refractivity contribution in [3.05, 3.63) is 30.1 Å². The van der Waals surface area contributed by atoms with E-state index in [9.17, 15) is 13.6 Å². The van der Waals surface area contributed by atoms with E-state index in [2.05, 4.69) is 4.74 Å². The number of esters is 1. The van der Waals surface area contributed by atoms with Crippen molar-refractivity contribution < 1.29 is 18.3 Å². The SMILES string of the molecule is CCOC(=O)C(F)Sc1cccc(F)c1. The van der Waals surface area contributed by atoms with Crippen LogP contribution in [-0.2, 0) is 9.53 Å². The molecule has 1 rings (SSSR count). The predicted molar refractivity (Wildman–Crippen MR) is 53.8 cm³/mol. The Balaban J connectivity index is 2.58. The van der Waals surface area contributed by atoms with E-state index < -0.39 is 17.3 Å². The largest absolute Gasteiger partial charge is 0.463 e. The number of carbonyl (C=O) groups is 1. The number of benzene rings is 1. The van der Waals surface area contributed by atoms with E-state index in [-0.39, 0.29) is 6.61 Å². The first-order valence-electron chi connectivity index (χ1n) is 4.36. The second-order valence-electron chi connectivity index (χ2n) is 2.64. The van der Waals surface area contributed by atoms with Crippen LogP contribution in [0.1, 0.15) is 6.92 Å². The minimum atomic E-state index is -1.81. The third kappa shape index (κ3) is 3.87. The Morgan fingerprint density at radius 3 is 2.93 bits per heavy atom. The van der Waals surface area contributed by atoms with Crippen LogP contribution in [0.3, 0.4) is 0 Å². The summed E-state index contributed by atoms with van der Waals surface area (Å²) >= 11 is 0.625. The molecule has 0 N–H and O–H groups in total. The van der Waals surface area contributed by atoms with Crippen molar-refractivity contribution in [3.63, 3.8) is 0 Å². The molecule has 1 aromatic carbocycles. The van der Waals surface area contributed by atoms with Crippen LogP contribution in [0.15, 0.2) is 29.2 Å². The highest BCUT2D eigenvalue weighted by atomic mass is 32.2. The predicted octanol–water partition coefficient (Wildman–Crippen LogP) is 2.78. The van der Waals surface area contributed by atoms with Gasteiger partial charge < -0.3 is 4.74 Å². The highest BCUT2D eigenvalue weighted by Crippen LogP contribution is 2.25. The zero-order valence-corrected chi connectivity index (χ0v) is 8.89. The summed E-state index contributed by atoms with van der Waals surface area (Å²) in [5.74, 6) is -1.40. The first kappa shape index (κ1) is 12.0. The molecular formula is C10H10F2O2S. The van der Waals surface area contributed by atoms with E-state index in [1.807, 2.05) is 0 Å². The maximum absolute atomic E-state index is 13.2. The topological polar surface area (TPSA) is 26.3 Å². The van der Waals surface area contributed by atoms with Gasteiger partial charge in [-0.05, 0) is 25.1 Å². The van der Waals surface area contributed by atoms with Crippen molar-refractivity contribution in [2.45, 2.75) is 17.3 Å². The molecule has 0 bridgehead atoms. The van der Waals surface area contributed by atoms with E-state index in [1.54, 1.807) is 6.92 Å². The highest BCUT2D eigenvalue weighted by molar-refractivity contribution is 8.00. The quantitative estimate of drug-likeness (QED) is 0.590. The van der Waals surface area contributed by atoms with Gasteiger partial charge in [-0.2, -0.15) is 0 Å². The van der Waals surface area contributed by atoms with Crippen molar-refractivity contribution in [2.24, 2.45) is 0 Å². The Kier molecular flexibility index (Phi) is 4.55. The molecule has 0 saturated carbocycles. The van der Waals surface area contributed by atoms with Gasteiger partial charge in [-0.25, -0.2) is 13.6 Å². The average molecular weight is 232 g/mol. The van der Waals surface area contributed by atoms with Crippen LogP contribution in [0.25, 0.3) is 0 Å². The van der Waals surface area contributed by atoms with Gasteiger partial charge >= 0.3 is 5.97 Å². The van der Waals surface area contributed by atoms with Crippen molar-refractivity contribution in [1.82, 2.24) is 0 Å². The number of ether oxygens (including phenoxy) is 1. The summed E-state index contributed by atoms with van der Waals surface area (Å²) in [6.45, 7) is 1.72. The van der Waals surface area contributed by atoms with Gasteiger partial charge in [0.1, 0.15) is 5.82 Å². The summed E-state index contributed by atoms with van der Waals surface area (Å²) in [4.78, 5) is 11.3. The molecule has 0 fully saturated rings. The number of hydrogen-bond acceptors (Lipinski definition) is 3. The molecule has 0 aromatic heterocycles. The van der Waals surface area contributed by atoms with Crippen LogP contribution >= 0.6 is 11.8 Å². The summed E-state index contributed by atoms with van der Waals surface area (Å²) in [6, 6.07) is 5.40. The van der Waals surface area contributed by atoms with Gasteiger partial charge in [0.05, 0.1) is 6.61 Å². The summed E-state index contributed by atoms with van der Waals surface area (Å²) < 4.78 is 30.4. The number of rotatable bonds is 4. The number of thioether (sulfide) groups is 1. The average Bonchev–Trinajstić information content (AvgIpc) is 2.18. The molecule has 5 heteroatoms. The minimum Gasteiger partial charge on any atom is -0.463 e. The molecule has 0 amide bonds. The maximum Gasteiger partial charge on any atom is 0.351 e. The van der Waals surface area contributed by atoms with Crippen molar-refractivity contribution in [2.75, 3.05) is 6.61 Å². The molecule has 0 aliphatic heterocycles. The third-order valence-electron chi connectivity index (χ3n) is 1.51. The van der Waals surface area contributed by atoms with E-state index in [1.165, 1.54) is 18.2 Å². The Morgan fingerprint density at radius 2 is 2.33 bits per heavy atom. The van der Waals surface area contributed by atoms with Crippen molar-refractivity contribution in [3.8, 4) is 0 Å². The van der Waals surface area contributed by atoms with E-state index in [4.69, 9.17) is 0 Å². The molecule has 1 atom stereocenters. The van der Waals surface area contributed by atoms with Crippen LogP contribution in [-0.4, -0.2) is 18.1 Å². The number of carbonyl (C=O) groups excluding carboxylic acids is 1. The van der Waals surface area contributed by atoms with Crippen LogP contribution in [0.5, 0.6) is 0 Å². The Labute approximate surface area is 90.6 Å². The fraction of sp³-hybridized carbons (Fsp3) is 0.300. The molecule has 0 radical (unpaired) electrons. The molecule has 0 aliphatic rings. The maximum atomic E-state index is 13.2. The van der Waals surface area contributed by atoms with Gasteiger partial charge in [-0.3, -0.25) is 0 Å². The van der Waals surface area contributed by atoms with Gasteiger partial charge in [0, 0.05) is 4.90 Å². The lowest BCUT2D eigenvalue weighted by Crippen LogP contribution is -2.15. The third-order valence-corrected chi connectivity index (χ3v) is 2.43. The number of hydrogen-bond donors (Lipinski definition) is 0. The normalized spacial score (nSPS) is 12.2. The first-order chi connectivity index (χ1) is 7.13. The zero-order valence-electron chi connectivity index (χ0n) is 8.07. The first-order valence-corrected chi connectivity index (χ1v) is 5.24. The molecule has 0 spiro atoms. The van der Waals surface area contributed by atoms with Gasteiger partial charge in [-0.15, -0.1) is 0 Å². The van der Waals surface area contributed by atoms with Crippen molar-refractivity contribution in [1.29, 1.82) is 0 Å². The van der Waals surface area contributed by atoms with Gasteiger partial charge in [0.25, 0.3) is 0 Å². The smallest absolute Gasteiger partial charge is 0.351 e. The zero-order chi connectivity index (χ0) is 11.3.